The molecule has 5 rings (SSSR count). The molecule has 0 bridgehead atoms. The van der Waals surface area contributed by atoms with Gasteiger partial charge in [0.05, 0.1) is 36.8 Å². The monoisotopic (exact) mass is 546 g/mol. The Morgan fingerprint density at radius 3 is 2.30 bits per heavy atom. The quantitative estimate of drug-likeness (QED) is 0.295. The Labute approximate surface area is 227 Å². The van der Waals surface area contributed by atoms with Crippen molar-refractivity contribution >= 4 is 22.5 Å². The van der Waals surface area contributed by atoms with Crippen LogP contribution in [0.5, 0.6) is 23.0 Å². The number of pyridine rings is 1. The van der Waals surface area contributed by atoms with E-state index in [1.54, 1.807) is 56.4 Å². The van der Waals surface area contributed by atoms with Crippen molar-refractivity contribution in [2.75, 3.05) is 19.5 Å². The number of fused-ring (bicyclic) bond motifs is 1. The van der Waals surface area contributed by atoms with E-state index in [2.05, 4.69) is 10.3 Å². The highest BCUT2D eigenvalue weighted by molar-refractivity contribution is 6.05. The van der Waals surface area contributed by atoms with Gasteiger partial charge in [-0.15, -0.1) is 0 Å². The highest BCUT2D eigenvalue weighted by atomic mass is 19.1. The number of nitrogens with zero attached hydrogens (tertiary/aromatic N) is 3. The molecule has 9 nitrogen and oxygen atoms in total. The minimum absolute atomic E-state index is 0.195. The summed E-state index contributed by atoms with van der Waals surface area (Å²) in [6.07, 6.45) is 1.46. The highest BCUT2D eigenvalue weighted by Gasteiger charge is 2.24. The fraction of sp³-hybridized carbons (Fsp3) is 0.138. The molecule has 5 aromatic rings. The number of rotatable bonds is 7. The van der Waals surface area contributed by atoms with Gasteiger partial charge in [-0.1, -0.05) is 18.2 Å². The molecule has 1 N–H and O–H groups in total. The van der Waals surface area contributed by atoms with Crippen LogP contribution >= 0.6 is 0 Å². The lowest BCUT2D eigenvalue weighted by Crippen LogP contribution is -2.25. The largest absolute Gasteiger partial charge is 0.493 e. The van der Waals surface area contributed by atoms with Gasteiger partial charge < -0.3 is 19.5 Å². The fourth-order valence-corrected chi connectivity index (χ4v) is 4.37. The van der Waals surface area contributed by atoms with Crippen LogP contribution in [0.25, 0.3) is 16.6 Å². The van der Waals surface area contributed by atoms with E-state index in [0.717, 1.165) is 12.1 Å². The Hall–Kier alpha value is -5.19. The van der Waals surface area contributed by atoms with Crippen LogP contribution in [0.15, 0.2) is 71.7 Å². The molecule has 0 unspecified atom stereocenters. The first-order valence-corrected chi connectivity index (χ1v) is 12.1. The number of para-hydroxylation sites is 1. The van der Waals surface area contributed by atoms with Crippen molar-refractivity contribution in [2.24, 2.45) is 7.05 Å². The molecular formula is C29H24F2N4O5. The molecule has 40 heavy (non-hydrogen) atoms. The number of carbonyl (C=O) groups excluding carboxylic acids is 1. The Morgan fingerprint density at radius 1 is 0.900 bits per heavy atom. The van der Waals surface area contributed by atoms with E-state index in [4.69, 9.17) is 14.2 Å². The number of methoxy groups -OCH3 is 2. The second kappa shape index (κ2) is 10.5. The van der Waals surface area contributed by atoms with Crippen molar-refractivity contribution in [3.63, 3.8) is 0 Å². The maximum absolute atomic E-state index is 15.1. The van der Waals surface area contributed by atoms with Gasteiger partial charge in [0, 0.05) is 36.8 Å². The number of amides is 1. The van der Waals surface area contributed by atoms with Gasteiger partial charge in [0.1, 0.15) is 11.3 Å². The Kier molecular flexibility index (Phi) is 6.95. The van der Waals surface area contributed by atoms with Crippen LogP contribution in [0.4, 0.5) is 14.5 Å². The van der Waals surface area contributed by atoms with E-state index in [-0.39, 0.29) is 11.3 Å². The maximum Gasteiger partial charge on any atom is 0.284 e. The summed E-state index contributed by atoms with van der Waals surface area (Å²) in [6, 6.07) is 15.1. The number of hydrogen-bond donors (Lipinski definition) is 1. The van der Waals surface area contributed by atoms with Crippen molar-refractivity contribution in [3.8, 4) is 28.7 Å². The molecule has 0 saturated heterocycles. The first-order valence-electron chi connectivity index (χ1n) is 12.1. The fourth-order valence-electron chi connectivity index (χ4n) is 4.37. The number of benzene rings is 3. The number of halogens is 2. The second-order valence-electron chi connectivity index (χ2n) is 8.79. The molecule has 0 radical (unpaired) electrons. The van der Waals surface area contributed by atoms with Crippen molar-refractivity contribution in [3.05, 3.63) is 100 Å². The minimum atomic E-state index is -0.959. The summed E-state index contributed by atoms with van der Waals surface area (Å²) in [5.74, 6) is -2.14. The predicted molar refractivity (Wildman–Crippen MR) is 145 cm³/mol. The summed E-state index contributed by atoms with van der Waals surface area (Å²) in [5.41, 5.74) is 0.147. The van der Waals surface area contributed by atoms with E-state index in [0.29, 0.717) is 33.8 Å². The SMILES string of the molecule is COc1cc2nccc(Oc3cc(F)c(NC(=O)c4c(C)n(C)n(-c5ccccc5)c4=O)cc3F)c2cc1OC. The number of carbonyl (C=O) groups is 1. The molecule has 0 aliphatic heterocycles. The van der Waals surface area contributed by atoms with Crippen molar-refractivity contribution in [2.45, 2.75) is 6.92 Å². The third-order valence-electron chi connectivity index (χ3n) is 6.48. The smallest absolute Gasteiger partial charge is 0.284 e. The van der Waals surface area contributed by atoms with Crippen molar-refractivity contribution < 1.29 is 27.8 Å². The minimum Gasteiger partial charge on any atom is -0.493 e. The molecule has 3 aromatic carbocycles. The molecule has 0 fully saturated rings. The summed E-state index contributed by atoms with van der Waals surface area (Å²) in [7, 11) is 4.58. The topological polar surface area (TPSA) is 96.6 Å². The molecule has 2 heterocycles. The van der Waals surface area contributed by atoms with E-state index >= 15 is 8.78 Å². The second-order valence-corrected chi connectivity index (χ2v) is 8.79. The van der Waals surface area contributed by atoms with Gasteiger partial charge in [-0.05, 0) is 31.2 Å². The molecule has 204 valence electrons. The predicted octanol–water partition coefficient (Wildman–Crippen LogP) is 5.37. The molecule has 1 amide bonds. The lowest BCUT2D eigenvalue weighted by molar-refractivity contribution is 0.102. The van der Waals surface area contributed by atoms with E-state index in [1.165, 1.54) is 35.8 Å². The molecule has 0 atom stereocenters. The Morgan fingerprint density at radius 2 is 1.60 bits per heavy atom. The van der Waals surface area contributed by atoms with Gasteiger partial charge in [-0.2, -0.15) is 0 Å². The van der Waals surface area contributed by atoms with Crippen LogP contribution in [0.2, 0.25) is 0 Å². The first kappa shape index (κ1) is 26.4. The highest BCUT2D eigenvalue weighted by Crippen LogP contribution is 2.38. The third kappa shape index (κ3) is 4.62. The van der Waals surface area contributed by atoms with Gasteiger partial charge in [0.2, 0.25) is 0 Å². The molecule has 0 aliphatic carbocycles. The van der Waals surface area contributed by atoms with Gasteiger partial charge in [-0.3, -0.25) is 19.3 Å². The van der Waals surface area contributed by atoms with Crippen LogP contribution < -0.4 is 25.1 Å². The summed E-state index contributed by atoms with van der Waals surface area (Å²) in [6.45, 7) is 1.59. The van der Waals surface area contributed by atoms with Crippen LogP contribution in [-0.4, -0.2) is 34.5 Å². The van der Waals surface area contributed by atoms with Crippen molar-refractivity contribution in [1.29, 1.82) is 0 Å². The van der Waals surface area contributed by atoms with Crippen molar-refractivity contribution in [1.82, 2.24) is 14.3 Å². The molecule has 0 aliphatic rings. The average molecular weight is 547 g/mol. The number of anilines is 1. The number of ether oxygens (including phenoxy) is 3. The third-order valence-corrected chi connectivity index (χ3v) is 6.48. The summed E-state index contributed by atoms with van der Waals surface area (Å²) < 4.78 is 49.4. The zero-order chi connectivity index (χ0) is 28.6. The number of nitrogens with one attached hydrogen (secondary N) is 1. The van der Waals surface area contributed by atoms with E-state index in [1.807, 2.05) is 0 Å². The standard InChI is InChI=1S/C29H24F2N4O5/c1-16-27(29(37)35(34(16)2)17-8-6-5-7-9-17)28(36)33-22-13-20(31)24(14-19(22)30)40-23-10-11-32-21-15-26(39-4)25(38-3)12-18(21)23/h5-15H,1-4H3,(H,33,36). The number of hydrogen-bond acceptors (Lipinski definition) is 6. The molecule has 11 heteroatoms. The molecule has 2 aromatic heterocycles. The Balaban J connectivity index is 1.45. The van der Waals surface area contributed by atoms with Crippen LogP contribution in [-0.2, 0) is 7.05 Å². The lowest BCUT2D eigenvalue weighted by Gasteiger charge is -2.13. The summed E-state index contributed by atoms with van der Waals surface area (Å²) in [5, 5.41) is 2.79. The van der Waals surface area contributed by atoms with E-state index in [9.17, 15) is 9.59 Å². The maximum atomic E-state index is 15.1. The molecular weight excluding hydrogens is 522 g/mol. The van der Waals surface area contributed by atoms with Gasteiger partial charge in [0.15, 0.2) is 28.9 Å². The van der Waals surface area contributed by atoms with Gasteiger partial charge >= 0.3 is 0 Å². The van der Waals surface area contributed by atoms with Gasteiger partial charge in [-0.25, -0.2) is 13.5 Å². The lowest BCUT2D eigenvalue weighted by atomic mass is 10.1. The zero-order valence-electron chi connectivity index (χ0n) is 22.0. The molecule has 0 saturated carbocycles. The van der Waals surface area contributed by atoms with E-state index < -0.39 is 34.5 Å². The van der Waals surface area contributed by atoms with Crippen LogP contribution in [0.1, 0.15) is 16.1 Å². The normalized spacial score (nSPS) is 10.9. The summed E-state index contributed by atoms with van der Waals surface area (Å²) in [4.78, 5) is 30.4. The first-order chi connectivity index (χ1) is 19.2. The number of aromatic nitrogens is 3. The van der Waals surface area contributed by atoms with Crippen LogP contribution in [0.3, 0.4) is 0 Å². The van der Waals surface area contributed by atoms with Gasteiger partial charge in [0.25, 0.3) is 11.5 Å². The molecule has 0 spiro atoms. The zero-order valence-corrected chi connectivity index (χ0v) is 22.0. The average Bonchev–Trinajstić information content (AvgIpc) is 3.18. The Bertz CT molecular complexity index is 1820. The summed E-state index contributed by atoms with van der Waals surface area (Å²) >= 11 is 0. The van der Waals surface area contributed by atoms with Crippen LogP contribution in [0, 0.1) is 18.6 Å².